The number of nitrogens with zero attached hydrogens (tertiary/aromatic N) is 2. The van der Waals surface area contributed by atoms with Gasteiger partial charge < -0.3 is 4.74 Å². The quantitative estimate of drug-likeness (QED) is 0.503. The second kappa shape index (κ2) is 7.15. The summed E-state index contributed by atoms with van der Waals surface area (Å²) < 4.78 is 5.18. The normalized spacial score (nSPS) is 10.5. The fraction of sp³-hybridized carbons (Fsp3) is 0.0769. The van der Waals surface area contributed by atoms with Crippen LogP contribution in [0.25, 0.3) is 0 Å². The molecule has 2 rings (SSSR count). The summed E-state index contributed by atoms with van der Waals surface area (Å²) in [6.45, 7) is -0.223. The zero-order valence-electron chi connectivity index (χ0n) is 10.8. The van der Waals surface area contributed by atoms with Gasteiger partial charge in [-0.15, -0.1) is 11.3 Å². The number of nitrogens with one attached hydrogen (secondary N) is 1. The third-order valence-corrected chi connectivity index (χ3v) is 3.15. The first-order valence-electron chi connectivity index (χ1n) is 5.88. The molecule has 8 heteroatoms. The standard InChI is InChI=1S/C13H11N3O4S/c17-13(15-14-8-12-2-1-7-21-12)9-20-11-5-3-10(4-6-11)16(18)19/h1-8H,9H2,(H,15,17)/b14-8+. The average Bonchev–Trinajstić information content (AvgIpc) is 2.99. The zero-order chi connectivity index (χ0) is 15.1. The van der Waals surface area contributed by atoms with E-state index >= 15 is 0 Å². The van der Waals surface area contributed by atoms with Gasteiger partial charge in [-0.1, -0.05) is 6.07 Å². The van der Waals surface area contributed by atoms with Crippen molar-refractivity contribution in [3.8, 4) is 5.75 Å². The Morgan fingerprint density at radius 1 is 1.38 bits per heavy atom. The van der Waals surface area contributed by atoms with Gasteiger partial charge in [0.25, 0.3) is 11.6 Å². The van der Waals surface area contributed by atoms with Crippen molar-refractivity contribution in [2.24, 2.45) is 5.10 Å². The molecule has 1 aromatic heterocycles. The summed E-state index contributed by atoms with van der Waals surface area (Å²) in [6, 6.07) is 9.23. The molecule has 7 nitrogen and oxygen atoms in total. The van der Waals surface area contributed by atoms with Crippen LogP contribution in [0.5, 0.6) is 5.75 Å². The van der Waals surface area contributed by atoms with Crippen LogP contribution in [0, 0.1) is 10.1 Å². The predicted octanol–water partition coefficient (Wildman–Crippen LogP) is 2.19. The van der Waals surface area contributed by atoms with Gasteiger partial charge in [-0.25, -0.2) is 5.43 Å². The summed E-state index contributed by atoms with van der Waals surface area (Å²) in [7, 11) is 0. The van der Waals surface area contributed by atoms with E-state index in [1.54, 1.807) is 0 Å². The summed E-state index contributed by atoms with van der Waals surface area (Å²) in [5.74, 6) is -0.0425. The fourth-order valence-electron chi connectivity index (χ4n) is 1.38. The highest BCUT2D eigenvalue weighted by atomic mass is 32.1. The molecular weight excluding hydrogens is 294 g/mol. The maximum atomic E-state index is 11.5. The fourth-order valence-corrected chi connectivity index (χ4v) is 1.96. The summed E-state index contributed by atoms with van der Waals surface area (Å²) in [5.41, 5.74) is 2.29. The monoisotopic (exact) mass is 305 g/mol. The molecule has 1 aromatic carbocycles. The van der Waals surface area contributed by atoms with E-state index in [0.29, 0.717) is 5.75 Å². The minimum absolute atomic E-state index is 0.0349. The number of nitro benzene ring substituents is 1. The lowest BCUT2D eigenvalue weighted by atomic mass is 10.3. The highest BCUT2D eigenvalue weighted by Gasteiger charge is 2.06. The van der Waals surface area contributed by atoms with Crippen LogP contribution in [0.3, 0.4) is 0 Å². The van der Waals surface area contributed by atoms with E-state index in [0.717, 1.165) is 4.88 Å². The van der Waals surface area contributed by atoms with Crippen molar-refractivity contribution < 1.29 is 14.5 Å². The third-order valence-electron chi connectivity index (χ3n) is 2.34. The number of thiophene rings is 1. The number of carbonyl (C=O) groups excluding carboxylic acids is 1. The van der Waals surface area contributed by atoms with Gasteiger partial charge in [0.1, 0.15) is 5.75 Å². The van der Waals surface area contributed by atoms with Crippen molar-refractivity contribution in [1.29, 1.82) is 0 Å². The lowest BCUT2D eigenvalue weighted by molar-refractivity contribution is -0.384. The number of hydrogen-bond acceptors (Lipinski definition) is 6. The minimum atomic E-state index is -0.504. The van der Waals surface area contributed by atoms with Crippen LogP contribution in [0.4, 0.5) is 5.69 Å². The van der Waals surface area contributed by atoms with Crippen LogP contribution in [0.1, 0.15) is 4.88 Å². The van der Waals surface area contributed by atoms with Crippen LogP contribution in [-0.2, 0) is 4.79 Å². The van der Waals surface area contributed by atoms with E-state index in [2.05, 4.69) is 10.5 Å². The molecule has 0 aliphatic rings. The molecule has 0 unspecified atom stereocenters. The second-order valence-electron chi connectivity index (χ2n) is 3.85. The smallest absolute Gasteiger partial charge is 0.277 e. The Balaban J connectivity index is 1.77. The SMILES string of the molecule is O=C(COc1ccc([N+](=O)[O-])cc1)N/N=C/c1cccs1. The van der Waals surface area contributed by atoms with Crippen molar-refractivity contribution in [3.63, 3.8) is 0 Å². The van der Waals surface area contributed by atoms with Crippen LogP contribution in [0.2, 0.25) is 0 Å². The van der Waals surface area contributed by atoms with Gasteiger partial charge in [-0.05, 0) is 23.6 Å². The molecule has 0 aliphatic carbocycles. The van der Waals surface area contributed by atoms with Crippen LogP contribution < -0.4 is 10.2 Å². The van der Waals surface area contributed by atoms with Crippen molar-refractivity contribution >= 4 is 29.1 Å². The van der Waals surface area contributed by atoms with Gasteiger partial charge in [0.2, 0.25) is 0 Å². The highest BCUT2D eigenvalue weighted by Crippen LogP contribution is 2.16. The number of hydrazone groups is 1. The van der Waals surface area contributed by atoms with Gasteiger partial charge >= 0.3 is 0 Å². The van der Waals surface area contributed by atoms with Crippen molar-refractivity contribution in [3.05, 3.63) is 56.8 Å². The molecule has 0 saturated heterocycles. The molecule has 0 aliphatic heterocycles. The Morgan fingerprint density at radius 3 is 2.76 bits per heavy atom. The topological polar surface area (TPSA) is 93.8 Å². The van der Waals surface area contributed by atoms with Gasteiger partial charge in [-0.2, -0.15) is 5.10 Å². The lowest BCUT2D eigenvalue weighted by Gasteiger charge is -2.04. The van der Waals surface area contributed by atoms with E-state index in [4.69, 9.17) is 4.74 Å². The molecule has 0 spiro atoms. The van der Waals surface area contributed by atoms with Gasteiger partial charge in [0.15, 0.2) is 6.61 Å². The molecule has 108 valence electrons. The Hall–Kier alpha value is -2.74. The Bertz CT molecular complexity index is 638. The number of carbonyl (C=O) groups is 1. The lowest BCUT2D eigenvalue weighted by Crippen LogP contribution is -2.24. The molecule has 1 N–H and O–H groups in total. The largest absolute Gasteiger partial charge is 0.484 e. The van der Waals surface area contributed by atoms with E-state index < -0.39 is 10.8 Å². The predicted molar refractivity (Wildman–Crippen MR) is 78.6 cm³/mol. The summed E-state index contributed by atoms with van der Waals surface area (Å²) in [5, 5.41) is 16.2. The third kappa shape index (κ3) is 4.69. The number of amides is 1. The van der Waals surface area contributed by atoms with Crippen LogP contribution in [0.15, 0.2) is 46.9 Å². The number of non-ortho nitro benzene ring substituents is 1. The number of benzene rings is 1. The highest BCUT2D eigenvalue weighted by molar-refractivity contribution is 7.11. The van der Waals surface area contributed by atoms with Gasteiger partial charge in [-0.3, -0.25) is 14.9 Å². The molecule has 1 amide bonds. The van der Waals surface area contributed by atoms with E-state index in [-0.39, 0.29) is 12.3 Å². The molecule has 21 heavy (non-hydrogen) atoms. The number of ether oxygens (including phenoxy) is 1. The average molecular weight is 305 g/mol. The molecule has 0 radical (unpaired) electrons. The Morgan fingerprint density at radius 2 is 2.14 bits per heavy atom. The van der Waals surface area contributed by atoms with Crippen LogP contribution in [-0.4, -0.2) is 23.7 Å². The van der Waals surface area contributed by atoms with E-state index in [1.807, 2.05) is 17.5 Å². The Kier molecular flexibility index (Phi) is 4.99. The van der Waals surface area contributed by atoms with Crippen molar-refractivity contribution in [2.75, 3.05) is 6.61 Å². The first kappa shape index (κ1) is 14.7. The molecule has 2 aromatic rings. The van der Waals surface area contributed by atoms with Gasteiger partial charge in [0, 0.05) is 17.0 Å². The maximum Gasteiger partial charge on any atom is 0.277 e. The first-order valence-corrected chi connectivity index (χ1v) is 6.76. The summed E-state index contributed by atoms with van der Waals surface area (Å²) in [6.07, 6.45) is 1.54. The van der Waals surface area contributed by atoms with Crippen molar-refractivity contribution in [1.82, 2.24) is 5.43 Å². The molecule has 0 atom stereocenters. The van der Waals surface area contributed by atoms with Crippen molar-refractivity contribution in [2.45, 2.75) is 0 Å². The molecular formula is C13H11N3O4S. The summed E-state index contributed by atoms with van der Waals surface area (Å²) in [4.78, 5) is 22.4. The maximum absolute atomic E-state index is 11.5. The zero-order valence-corrected chi connectivity index (χ0v) is 11.6. The molecule has 0 fully saturated rings. The number of rotatable bonds is 6. The molecule has 1 heterocycles. The number of hydrogen-bond donors (Lipinski definition) is 1. The van der Waals surface area contributed by atoms with E-state index in [9.17, 15) is 14.9 Å². The number of nitro groups is 1. The van der Waals surface area contributed by atoms with Crippen LogP contribution >= 0.6 is 11.3 Å². The summed E-state index contributed by atoms with van der Waals surface area (Å²) >= 11 is 1.50. The van der Waals surface area contributed by atoms with Gasteiger partial charge in [0.05, 0.1) is 11.1 Å². The van der Waals surface area contributed by atoms with E-state index in [1.165, 1.54) is 41.8 Å². The minimum Gasteiger partial charge on any atom is -0.484 e. The second-order valence-corrected chi connectivity index (χ2v) is 4.83. The molecule has 0 bridgehead atoms. The first-order chi connectivity index (χ1) is 10.1. The molecule has 0 saturated carbocycles. The Labute approximate surface area is 124 Å².